The Morgan fingerprint density at radius 2 is 1.80 bits per heavy atom. The van der Waals surface area contributed by atoms with Crippen molar-refractivity contribution in [1.82, 2.24) is 15.3 Å². The van der Waals surface area contributed by atoms with E-state index in [1.165, 1.54) is 7.11 Å². The molecule has 214 valence electrons. The van der Waals surface area contributed by atoms with Gasteiger partial charge in [0.15, 0.2) is 0 Å². The Morgan fingerprint density at radius 1 is 1.05 bits per heavy atom. The van der Waals surface area contributed by atoms with Crippen LogP contribution in [0.3, 0.4) is 0 Å². The zero-order valence-electron chi connectivity index (χ0n) is 22.1. The smallest absolute Gasteiger partial charge is 0.274 e. The van der Waals surface area contributed by atoms with E-state index in [2.05, 4.69) is 20.6 Å². The summed E-state index contributed by atoms with van der Waals surface area (Å²) in [5.41, 5.74) is 9.60. The van der Waals surface area contributed by atoms with E-state index in [0.29, 0.717) is 67.9 Å². The lowest BCUT2D eigenvalue weighted by molar-refractivity contribution is 0.102. The number of hydrogen-bond acceptors (Lipinski definition) is 8. The van der Waals surface area contributed by atoms with Crippen molar-refractivity contribution in [2.75, 3.05) is 25.6 Å². The summed E-state index contributed by atoms with van der Waals surface area (Å²) in [4.78, 5) is 21.5. The van der Waals surface area contributed by atoms with Gasteiger partial charge in [0.25, 0.3) is 5.91 Å². The summed E-state index contributed by atoms with van der Waals surface area (Å²) in [6.45, 7) is 1.32. The standard InChI is InChI=1S/C29H28Cl3N5O4/c1-40-29-18(13-33)12-21(30)24(37-29)16-41-25-7-3-5-20(27(25)32)19-4-2-6-22(26(19)31)36-28(39)23-9-8-17(15-35-23)14-34-10-11-38/h2-9,12,15,34,38H,10-11,13-14,16,33H2,1H3,(H,36,39). The fourth-order valence-corrected chi connectivity index (χ4v) is 4.73. The fraction of sp³-hybridized carbons (Fsp3) is 0.207. The lowest BCUT2D eigenvalue weighted by atomic mass is 10.0. The van der Waals surface area contributed by atoms with Gasteiger partial charge in [-0.1, -0.05) is 65.1 Å². The number of nitrogens with one attached hydrogen (secondary N) is 2. The molecule has 2 aromatic carbocycles. The van der Waals surface area contributed by atoms with Crippen molar-refractivity contribution < 1.29 is 19.4 Å². The predicted octanol–water partition coefficient (Wildman–Crippen LogP) is 5.48. The van der Waals surface area contributed by atoms with Gasteiger partial charge in [-0.2, -0.15) is 0 Å². The molecule has 41 heavy (non-hydrogen) atoms. The normalized spacial score (nSPS) is 10.9. The first kappa shape index (κ1) is 30.5. The molecule has 2 aromatic heterocycles. The number of ether oxygens (including phenoxy) is 2. The van der Waals surface area contributed by atoms with E-state index in [9.17, 15) is 4.79 Å². The molecular weight excluding hydrogens is 589 g/mol. The number of pyridine rings is 2. The van der Waals surface area contributed by atoms with Crippen LogP contribution < -0.4 is 25.8 Å². The molecule has 0 radical (unpaired) electrons. The molecule has 1 amide bonds. The molecule has 0 aliphatic heterocycles. The number of nitrogens with two attached hydrogens (primary N) is 1. The first-order chi connectivity index (χ1) is 19.9. The highest BCUT2D eigenvalue weighted by molar-refractivity contribution is 6.39. The number of anilines is 1. The van der Waals surface area contributed by atoms with Gasteiger partial charge in [-0.25, -0.2) is 4.98 Å². The number of hydrogen-bond donors (Lipinski definition) is 4. The van der Waals surface area contributed by atoms with Gasteiger partial charge in [0.1, 0.15) is 23.7 Å². The van der Waals surface area contributed by atoms with Crippen LogP contribution in [0.1, 0.15) is 27.3 Å². The maximum absolute atomic E-state index is 12.9. The second-order valence-corrected chi connectivity index (χ2v) is 9.93. The summed E-state index contributed by atoms with van der Waals surface area (Å²) >= 11 is 19.9. The maximum Gasteiger partial charge on any atom is 0.274 e. The first-order valence-electron chi connectivity index (χ1n) is 12.6. The lowest BCUT2D eigenvalue weighted by Gasteiger charge is -2.15. The number of aliphatic hydroxyl groups excluding tert-OH is 1. The van der Waals surface area contributed by atoms with Gasteiger partial charge < -0.3 is 30.9 Å². The molecule has 0 unspecified atom stereocenters. The number of amides is 1. The SMILES string of the molecule is COc1nc(COc2cccc(-c3cccc(NC(=O)c4ccc(CNCCO)cn4)c3Cl)c2Cl)c(Cl)cc1CN. The molecule has 0 atom stereocenters. The van der Waals surface area contributed by atoms with Crippen LogP contribution in [0.4, 0.5) is 5.69 Å². The van der Waals surface area contributed by atoms with E-state index < -0.39 is 5.91 Å². The van der Waals surface area contributed by atoms with Crippen LogP contribution in [0.15, 0.2) is 60.8 Å². The first-order valence-corrected chi connectivity index (χ1v) is 13.7. The number of carbonyl (C=O) groups excluding carboxylic acids is 1. The Balaban J connectivity index is 1.51. The molecule has 0 bridgehead atoms. The van der Waals surface area contributed by atoms with Gasteiger partial charge in [0, 0.05) is 42.5 Å². The number of rotatable bonds is 12. The average molecular weight is 617 g/mol. The molecule has 0 saturated heterocycles. The van der Waals surface area contributed by atoms with Crippen LogP contribution in [0.5, 0.6) is 11.6 Å². The molecule has 0 spiro atoms. The molecule has 12 heteroatoms. The molecule has 4 rings (SSSR count). The molecule has 4 aromatic rings. The van der Waals surface area contributed by atoms with E-state index in [-0.39, 0.29) is 25.5 Å². The summed E-state index contributed by atoms with van der Waals surface area (Å²) < 4.78 is 11.3. The van der Waals surface area contributed by atoms with Crippen molar-refractivity contribution in [3.63, 3.8) is 0 Å². The molecule has 5 N–H and O–H groups in total. The Bertz CT molecular complexity index is 1520. The maximum atomic E-state index is 12.9. The summed E-state index contributed by atoms with van der Waals surface area (Å²) in [6.07, 6.45) is 1.61. The summed E-state index contributed by atoms with van der Waals surface area (Å²) in [7, 11) is 1.51. The summed E-state index contributed by atoms with van der Waals surface area (Å²) in [5.74, 6) is 0.358. The van der Waals surface area contributed by atoms with Crippen molar-refractivity contribution in [3.8, 4) is 22.8 Å². The largest absolute Gasteiger partial charge is 0.486 e. The number of aromatic nitrogens is 2. The fourth-order valence-electron chi connectivity index (χ4n) is 3.94. The molecule has 0 aliphatic rings. The van der Waals surface area contributed by atoms with E-state index in [1.54, 1.807) is 60.8 Å². The number of benzene rings is 2. The number of halogens is 3. The van der Waals surface area contributed by atoms with Crippen LogP contribution in [-0.4, -0.2) is 41.2 Å². The van der Waals surface area contributed by atoms with Gasteiger partial charge >= 0.3 is 0 Å². The Morgan fingerprint density at radius 3 is 2.49 bits per heavy atom. The number of carbonyl (C=O) groups is 1. The van der Waals surface area contributed by atoms with Crippen molar-refractivity contribution in [2.24, 2.45) is 5.73 Å². The third-order valence-electron chi connectivity index (χ3n) is 6.04. The van der Waals surface area contributed by atoms with Crippen molar-refractivity contribution in [3.05, 3.63) is 98.4 Å². The molecule has 0 aliphatic carbocycles. The van der Waals surface area contributed by atoms with E-state index >= 15 is 0 Å². The molecule has 0 saturated carbocycles. The van der Waals surface area contributed by atoms with Gasteiger partial charge in [0.05, 0.1) is 34.5 Å². The number of nitrogens with zero attached hydrogens (tertiary/aromatic N) is 2. The predicted molar refractivity (Wildman–Crippen MR) is 161 cm³/mol. The Kier molecular flexibility index (Phi) is 10.8. The monoisotopic (exact) mass is 615 g/mol. The van der Waals surface area contributed by atoms with Crippen LogP contribution >= 0.6 is 34.8 Å². The lowest BCUT2D eigenvalue weighted by Crippen LogP contribution is -2.18. The molecule has 9 nitrogen and oxygen atoms in total. The summed E-state index contributed by atoms with van der Waals surface area (Å²) in [6, 6.07) is 15.7. The van der Waals surface area contributed by atoms with Crippen molar-refractivity contribution in [1.29, 1.82) is 0 Å². The third kappa shape index (κ3) is 7.45. The third-order valence-corrected chi connectivity index (χ3v) is 7.17. The topological polar surface area (TPSA) is 132 Å². The van der Waals surface area contributed by atoms with E-state index in [1.807, 2.05) is 0 Å². The van der Waals surface area contributed by atoms with Crippen molar-refractivity contribution in [2.45, 2.75) is 19.7 Å². The highest BCUT2D eigenvalue weighted by Gasteiger charge is 2.18. The second-order valence-electron chi connectivity index (χ2n) is 8.77. The second kappa shape index (κ2) is 14.5. The zero-order chi connectivity index (χ0) is 29.4. The summed E-state index contributed by atoms with van der Waals surface area (Å²) in [5, 5.41) is 15.8. The van der Waals surface area contributed by atoms with Gasteiger partial charge in [-0.3, -0.25) is 9.78 Å². The van der Waals surface area contributed by atoms with E-state index in [0.717, 1.165) is 5.56 Å². The van der Waals surface area contributed by atoms with Crippen LogP contribution in [-0.2, 0) is 19.7 Å². The minimum absolute atomic E-state index is 0.0380. The Hall–Kier alpha value is -3.44. The highest BCUT2D eigenvalue weighted by atomic mass is 35.5. The Labute approximate surface area is 252 Å². The van der Waals surface area contributed by atoms with E-state index in [4.69, 9.17) is 55.1 Å². The number of aliphatic hydroxyl groups is 1. The van der Waals surface area contributed by atoms with Gasteiger partial charge in [0.2, 0.25) is 5.88 Å². The van der Waals surface area contributed by atoms with Crippen LogP contribution in [0.2, 0.25) is 15.1 Å². The average Bonchev–Trinajstić information content (AvgIpc) is 2.98. The molecular formula is C29H28Cl3N5O4. The van der Waals surface area contributed by atoms with Crippen LogP contribution in [0, 0.1) is 0 Å². The van der Waals surface area contributed by atoms with Gasteiger partial charge in [-0.15, -0.1) is 0 Å². The molecule has 0 fully saturated rings. The number of methoxy groups -OCH3 is 1. The highest BCUT2D eigenvalue weighted by Crippen LogP contribution is 2.41. The van der Waals surface area contributed by atoms with Gasteiger partial charge in [-0.05, 0) is 29.8 Å². The molecule has 2 heterocycles. The van der Waals surface area contributed by atoms with Crippen LogP contribution in [0.25, 0.3) is 11.1 Å². The minimum atomic E-state index is -0.414. The quantitative estimate of drug-likeness (QED) is 0.154. The zero-order valence-corrected chi connectivity index (χ0v) is 24.4. The van der Waals surface area contributed by atoms with Crippen molar-refractivity contribution >= 4 is 46.4 Å². The minimum Gasteiger partial charge on any atom is -0.486 e.